The van der Waals surface area contributed by atoms with Crippen LogP contribution in [0.1, 0.15) is 41.5 Å². The summed E-state index contributed by atoms with van der Waals surface area (Å²) < 4.78 is 0. The van der Waals surface area contributed by atoms with Crippen LogP contribution in [0.3, 0.4) is 0 Å². The lowest BCUT2D eigenvalue weighted by Crippen LogP contribution is -2.04. The van der Waals surface area contributed by atoms with Gasteiger partial charge in [0.2, 0.25) is 0 Å². The van der Waals surface area contributed by atoms with Crippen LogP contribution in [-0.4, -0.2) is 28.3 Å². The largest absolute Gasteiger partial charge is 0.412 e. The maximum Gasteiger partial charge on any atom is 0.152 e. The minimum absolute atomic E-state index is 0. The van der Waals surface area contributed by atoms with Gasteiger partial charge in [0.1, 0.15) is 5.78 Å². The Labute approximate surface area is 92.3 Å². The lowest BCUT2D eigenvalue weighted by atomic mass is 10.2. The molecule has 0 saturated heterocycles. The van der Waals surface area contributed by atoms with Crippen LogP contribution in [0.2, 0.25) is 0 Å². The number of rotatable bonds is 3. The molecule has 15 heavy (non-hydrogen) atoms. The molecule has 0 bridgehead atoms. The summed E-state index contributed by atoms with van der Waals surface area (Å²) in [5.74, 6) is 0.146. The van der Waals surface area contributed by atoms with Crippen molar-refractivity contribution < 1.29 is 20.2 Å². The minimum atomic E-state index is -0.475. The van der Waals surface area contributed by atoms with E-state index in [1.807, 2.05) is 6.92 Å². The summed E-state index contributed by atoms with van der Waals surface area (Å²) in [6, 6.07) is 0. The van der Waals surface area contributed by atoms with E-state index in [2.05, 4.69) is 0 Å². The number of allylic oxidation sites excluding steroid dienone is 2. The van der Waals surface area contributed by atoms with Gasteiger partial charge in [-0.15, -0.1) is 0 Å². The summed E-state index contributed by atoms with van der Waals surface area (Å²) in [5.41, 5.74) is 0. The third-order valence-electron chi connectivity index (χ3n) is 0.984. The summed E-state index contributed by atoms with van der Waals surface area (Å²) in [5, 5.41) is 8.50. The van der Waals surface area contributed by atoms with Crippen molar-refractivity contribution in [1.29, 1.82) is 0 Å². The molecule has 0 saturated carbocycles. The van der Waals surface area contributed by atoms with E-state index in [4.69, 9.17) is 5.11 Å². The third kappa shape index (κ3) is 43.7. The first kappa shape index (κ1) is 23.7. The van der Waals surface area contributed by atoms with Crippen molar-refractivity contribution in [1.82, 2.24) is 0 Å². The molecule has 0 heterocycles. The fourth-order valence-corrected chi connectivity index (χ4v) is 0.651. The average Bonchev–Trinajstić information content (AvgIpc) is 1.83. The van der Waals surface area contributed by atoms with E-state index < -0.39 is 6.10 Å². The van der Waals surface area contributed by atoms with Crippen molar-refractivity contribution in [2.24, 2.45) is 0 Å². The molecule has 0 rings (SSSR count). The van der Waals surface area contributed by atoms with E-state index in [0.29, 0.717) is 0 Å². The van der Waals surface area contributed by atoms with Gasteiger partial charge >= 0.3 is 0 Å². The highest BCUT2D eigenvalue weighted by molar-refractivity contribution is 5.87. The second-order valence-corrected chi connectivity index (χ2v) is 2.87. The smallest absolute Gasteiger partial charge is 0.152 e. The predicted octanol–water partition coefficient (Wildman–Crippen LogP) is 1.31. The number of aliphatic hydroxyl groups excluding tert-OH is 1. The normalized spacial score (nSPS) is 10.2. The molecule has 0 aliphatic rings. The lowest BCUT2D eigenvalue weighted by Gasteiger charge is -1.95. The Balaban J connectivity index is -0.0000000718. The number of ketones is 2. The number of hydrogen-bond acceptors (Lipinski definition) is 3. The zero-order valence-electron chi connectivity index (χ0n) is 9.20. The number of Topliss-reactive ketones (excluding diaryl/α,β-unsaturated/α-hetero) is 1. The van der Waals surface area contributed by atoms with Crippen molar-refractivity contribution in [3.05, 3.63) is 12.2 Å². The summed E-state index contributed by atoms with van der Waals surface area (Å²) in [4.78, 5) is 20.1. The second-order valence-electron chi connectivity index (χ2n) is 2.87. The van der Waals surface area contributed by atoms with Gasteiger partial charge in [-0.05, 0) is 33.8 Å². The third-order valence-corrected chi connectivity index (χ3v) is 0.984. The van der Waals surface area contributed by atoms with E-state index in [1.54, 1.807) is 13.0 Å². The molecule has 1 unspecified atom stereocenters. The van der Waals surface area contributed by atoms with Crippen LogP contribution in [0.15, 0.2) is 12.2 Å². The molecule has 0 aliphatic carbocycles. The van der Waals surface area contributed by atoms with Gasteiger partial charge in [-0.2, -0.15) is 0 Å². The van der Waals surface area contributed by atoms with E-state index in [-0.39, 0.29) is 30.9 Å². The molecule has 0 amide bonds. The van der Waals surface area contributed by atoms with Gasteiger partial charge in [0.15, 0.2) is 5.78 Å². The van der Waals surface area contributed by atoms with Gasteiger partial charge in [0.25, 0.3) is 0 Å². The molecule has 0 fully saturated rings. The topological polar surface area (TPSA) is 85.9 Å². The molecule has 0 aliphatic heterocycles. The first-order valence-corrected chi connectivity index (χ1v) is 4.20. The van der Waals surface area contributed by atoms with Crippen LogP contribution in [0.4, 0.5) is 0 Å². The van der Waals surface area contributed by atoms with Crippen molar-refractivity contribution in [3.63, 3.8) is 0 Å². The summed E-state index contributed by atoms with van der Waals surface area (Å²) in [6.45, 7) is 6.41. The molecule has 0 aromatic heterocycles. The molecule has 0 aromatic rings. The van der Waals surface area contributed by atoms with Gasteiger partial charge in [-0.25, -0.2) is 0 Å². The maximum absolute atomic E-state index is 10.1. The Morgan fingerprint density at radius 3 is 1.73 bits per heavy atom. The highest BCUT2D eigenvalue weighted by Gasteiger charge is 1.96. The number of aliphatic hydroxyl groups is 1. The molecule has 0 spiro atoms. The highest BCUT2D eigenvalue weighted by atomic mass is 16.3. The average molecular weight is 220 g/mol. The number of carbonyl (C=O) groups is 2. The van der Waals surface area contributed by atoms with Crippen LogP contribution in [0, 0.1) is 0 Å². The molecule has 4 nitrogen and oxygen atoms in total. The molecule has 92 valence electrons. The van der Waals surface area contributed by atoms with Crippen LogP contribution in [0.5, 0.6) is 0 Å². The van der Waals surface area contributed by atoms with Gasteiger partial charge in [-0.3, -0.25) is 9.59 Å². The molecule has 4 heteroatoms. The highest BCUT2D eigenvalue weighted by Crippen LogP contribution is 1.87. The fourth-order valence-electron chi connectivity index (χ4n) is 0.651. The van der Waals surface area contributed by atoms with Gasteiger partial charge < -0.3 is 10.6 Å². The lowest BCUT2D eigenvalue weighted by molar-refractivity contribution is -0.118. The Kier molecular flexibility index (Phi) is 24.4. The van der Waals surface area contributed by atoms with Crippen molar-refractivity contribution in [2.75, 3.05) is 0 Å². The van der Waals surface area contributed by atoms with Crippen LogP contribution in [0.25, 0.3) is 0 Å². The molecule has 1 atom stereocenters. The summed E-state index contributed by atoms with van der Waals surface area (Å²) in [7, 11) is 0. The Hall–Kier alpha value is -1.00. The number of hydrogen-bond donors (Lipinski definition) is 1. The zero-order valence-corrected chi connectivity index (χ0v) is 9.20. The summed E-state index contributed by atoms with van der Waals surface area (Å²) >= 11 is 0. The van der Waals surface area contributed by atoms with Crippen LogP contribution < -0.4 is 0 Å². The van der Waals surface area contributed by atoms with Gasteiger partial charge in [-0.1, -0.05) is 13.5 Å². The Bertz CT molecular complexity index is 183. The zero-order chi connectivity index (χ0) is 10.9. The van der Waals surface area contributed by atoms with E-state index in [1.165, 1.54) is 19.9 Å². The fraction of sp³-hybridized carbons (Fsp3) is 0.636. The molecular formula is C11H24O4. The minimum Gasteiger partial charge on any atom is -0.412 e. The first-order valence-electron chi connectivity index (χ1n) is 4.20. The second kappa shape index (κ2) is 15.5. The molecule has 0 radical (unpaired) electrons. The van der Waals surface area contributed by atoms with Crippen molar-refractivity contribution in [2.45, 2.75) is 47.6 Å². The van der Waals surface area contributed by atoms with Gasteiger partial charge in [0.05, 0.1) is 6.10 Å². The first-order chi connectivity index (χ1) is 5.90. The van der Waals surface area contributed by atoms with E-state index in [0.717, 1.165) is 0 Å². The Morgan fingerprint density at radius 2 is 1.73 bits per heavy atom. The van der Waals surface area contributed by atoms with Crippen molar-refractivity contribution >= 4 is 11.6 Å². The van der Waals surface area contributed by atoms with Crippen LogP contribution in [-0.2, 0) is 9.59 Å². The monoisotopic (exact) mass is 220 g/mol. The molecule has 3 N–H and O–H groups in total. The Morgan fingerprint density at radius 1 is 1.33 bits per heavy atom. The SMILES string of the molecule is C.C/C=C/C(C)=O.CC(=O)CC(C)O.O. The van der Waals surface area contributed by atoms with Crippen LogP contribution >= 0.6 is 0 Å². The number of carbonyl (C=O) groups excluding carboxylic acids is 2. The maximum atomic E-state index is 10.1. The quantitative estimate of drug-likeness (QED) is 0.727. The van der Waals surface area contributed by atoms with E-state index >= 15 is 0 Å². The van der Waals surface area contributed by atoms with E-state index in [9.17, 15) is 9.59 Å². The van der Waals surface area contributed by atoms with Gasteiger partial charge in [0, 0.05) is 6.42 Å². The molecular weight excluding hydrogens is 196 g/mol. The van der Waals surface area contributed by atoms with Crippen molar-refractivity contribution in [3.8, 4) is 0 Å². The predicted molar refractivity (Wildman–Crippen MR) is 62.8 cm³/mol. The summed E-state index contributed by atoms with van der Waals surface area (Å²) in [6.07, 6.45) is 3.06. The standard InChI is InChI=1S/C5H10O2.C5H8O.CH4.H2O/c1-4(6)3-5(2)7;1-3-4-5(2)6;;/h4,6H,3H2,1-2H3;3-4H,1-2H3;1H4;1H2/b;4-3+;;. The molecule has 0 aromatic carbocycles.